The Balaban J connectivity index is 1.86. The predicted octanol–water partition coefficient (Wildman–Crippen LogP) is 2.74. The van der Waals surface area contributed by atoms with Gasteiger partial charge in [0, 0.05) is 23.7 Å². The molecule has 4 nitrogen and oxygen atoms in total. The number of likely N-dealkylation sites (tertiary alicyclic amines) is 1. The maximum Gasteiger partial charge on any atom is 0.224 e. The van der Waals surface area contributed by atoms with Crippen molar-refractivity contribution in [3.63, 3.8) is 0 Å². The van der Waals surface area contributed by atoms with Crippen LogP contribution in [0.15, 0.2) is 18.2 Å². The molecule has 1 fully saturated rings. The minimum Gasteiger partial charge on any atom is -0.496 e. The van der Waals surface area contributed by atoms with Crippen molar-refractivity contribution in [1.29, 1.82) is 0 Å². The Bertz CT molecular complexity index is 507. The summed E-state index contributed by atoms with van der Waals surface area (Å²) >= 11 is 6.17. The molecule has 1 heterocycles. The summed E-state index contributed by atoms with van der Waals surface area (Å²) in [4.78, 5) is 14.6. The number of nitrogens with zero attached hydrogens (tertiary/aromatic N) is 1. The standard InChI is InChI=1S/C17H25ClN2O2/c1-3-20-9-5-6-13(12-20)11-19-17(21)10-14-15(18)7-4-8-16(14)22-2/h4,7-8,13H,3,5-6,9-12H2,1-2H3,(H,19,21)/t13-/m0/s1. The number of amides is 1. The number of hydrogen-bond donors (Lipinski definition) is 1. The second-order valence-electron chi connectivity index (χ2n) is 5.80. The average molecular weight is 325 g/mol. The molecule has 1 N–H and O–H groups in total. The molecule has 0 spiro atoms. The maximum absolute atomic E-state index is 12.2. The number of halogens is 1. The van der Waals surface area contributed by atoms with E-state index in [4.69, 9.17) is 16.3 Å². The Hall–Kier alpha value is -1.26. The molecule has 1 amide bonds. The van der Waals surface area contributed by atoms with Crippen LogP contribution in [-0.4, -0.2) is 44.1 Å². The first-order valence-electron chi connectivity index (χ1n) is 7.94. The summed E-state index contributed by atoms with van der Waals surface area (Å²) in [5.41, 5.74) is 0.753. The third-order valence-corrected chi connectivity index (χ3v) is 4.63. The highest BCUT2D eigenvalue weighted by Crippen LogP contribution is 2.26. The van der Waals surface area contributed by atoms with Crippen molar-refractivity contribution < 1.29 is 9.53 Å². The van der Waals surface area contributed by atoms with E-state index in [1.54, 1.807) is 13.2 Å². The molecule has 122 valence electrons. The maximum atomic E-state index is 12.2. The van der Waals surface area contributed by atoms with Gasteiger partial charge in [-0.15, -0.1) is 0 Å². The van der Waals surface area contributed by atoms with E-state index in [9.17, 15) is 4.79 Å². The lowest BCUT2D eigenvalue weighted by Crippen LogP contribution is -2.41. The first-order valence-corrected chi connectivity index (χ1v) is 8.32. The van der Waals surface area contributed by atoms with Crippen LogP contribution >= 0.6 is 11.6 Å². The van der Waals surface area contributed by atoms with Gasteiger partial charge in [-0.05, 0) is 44.0 Å². The van der Waals surface area contributed by atoms with E-state index >= 15 is 0 Å². The summed E-state index contributed by atoms with van der Waals surface area (Å²) in [6.07, 6.45) is 2.66. The number of carbonyl (C=O) groups excluding carboxylic acids is 1. The molecule has 1 aliphatic rings. The highest BCUT2D eigenvalue weighted by atomic mass is 35.5. The smallest absolute Gasteiger partial charge is 0.224 e. The Morgan fingerprint density at radius 3 is 3.05 bits per heavy atom. The number of benzene rings is 1. The molecule has 0 bridgehead atoms. The van der Waals surface area contributed by atoms with Crippen molar-refractivity contribution in [2.24, 2.45) is 5.92 Å². The SMILES string of the molecule is CCN1CCC[C@@H](CNC(=O)Cc2c(Cl)cccc2OC)C1. The summed E-state index contributed by atoms with van der Waals surface area (Å²) in [6, 6.07) is 5.44. The quantitative estimate of drug-likeness (QED) is 0.875. The van der Waals surface area contributed by atoms with Crippen LogP contribution < -0.4 is 10.1 Å². The predicted molar refractivity (Wildman–Crippen MR) is 89.6 cm³/mol. The highest BCUT2D eigenvalue weighted by Gasteiger charge is 2.19. The van der Waals surface area contributed by atoms with Gasteiger partial charge < -0.3 is 15.0 Å². The van der Waals surface area contributed by atoms with Gasteiger partial charge in [-0.2, -0.15) is 0 Å². The number of carbonyl (C=O) groups is 1. The molecule has 0 unspecified atom stereocenters. The minimum atomic E-state index is 0.0000203. The van der Waals surface area contributed by atoms with Crippen molar-refractivity contribution in [3.8, 4) is 5.75 Å². The minimum absolute atomic E-state index is 0.0000203. The molecular formula is C17H25ClN2O2. The fraction of sp³-hybridized carbons (Fsp3) is 0.588. The molecule has 5 heteroatoms. The van der Waals surface area contributed by atoms with Crippen LogP contribution in [0.1, 0.15) is 25.3 Å². The third-order valence-electron chi connectivity index (χ3n) is 4.27. The molecular weight excluding hydrogens is 300 g/mol. The van der Waals surface area contributed by atoms with Gasteiger partial charge in [0.05, 0.1) is 13.5 Å². The highest BCUT2D eigenvalue weighted by molar-refractivity contribution is 6.31. The Morgan fingerprint density at radius 1 is 1.50 bits per heavy atom. The second-order valence-corrected chi connectivity index (χ2v) is 6.21. The van der Waals surface area contributed by atoms with Gasteiger partial charge in [-0.25, -0.2) is 0 Å². The fourth-order valence-electron chi connectivity index (χ4n) is 2.99. The Labute approximate surface area is 137 Å². The number of piperidine rings is 1. The lowest BCUT2D eigenvalue weighted by molar-refractivity contribution is -0.120. The number of hydrogen-bond acceptors (Lipinski definition) is 3. The van der Waals surface area contributed by atoms with Crippen molar-refractivity contribution in [2.45, 2.75) is 26.2 Å². The van der Waals surface area contributed by atoms with Crippen LogP contribution in [-0.2, 0) is 11.2 Å². The van der Waals surface area contributed by atoms with Crippen LogP contribution in [0.5, 0.6) is 5.75 Å². The molecule has 2 rings (SSSR count). The molecule has 1 aromatic rings. The lowest BCUT2D eigenvalue weighted by atomic mass is 9.98. The summed E-state index contributed by atoms with van der Waals surface area (Å²) < 4.78 is 5.28. The zero-order valence-electron chi connectivity index (χ0n) is 13.4. The van der Waals surface area contributed by atoms with E-state index < -0.39 is 0 Å². The van der Waals surface area contributed by atoms with Gasteiger partial charge >= 0.3 is 0 Å². The van der Waals surface area contributed by atoms with Gasteiger partial charge in [-0.3, -0.25) is 4.79 Å². The van der Waals surface area contributed by atoms with Gasteiger partial charge in [-0.1, -0.05) is 24.6 Å². The van der Waals surface area contributed by atoms with Crippen LogP contribution in [0.2, 0.25) is 5.02 Å². The summed E-state index contributed by atoms with van der Waals surface area (Å²) in [5.74, 6) is 1.21. The average Bonchev–Trinajstić information content (AvgIpc) is 2.55. The molecule has 0 radical (unpaired) electrons. The van der Waals surface area contributed by atoms with Crippen LogP contribution in [0.3, 0.4) is 0 Å². The van der Waals surface area contributed by atoms with E-state index in [2.05, 4.69) is 17.1 Å². The monoisotopic (exact) mass is 324 g/mol. The van der Waals surface area contributed by atoms with E-state index in [1.165, 1.54) is 19.4 Å². The molecule has 0 aliphatic carbocycles. The normalized spacial score (nSPS) is 19.0. The molecule has 0 aromatic heterocycles. The number of nitrogens with one attached hydrogen (secondary N) is 1. The molecule has 1 atom stereocenters. The topological polar surface area (TPSA) is 41.6 Å². The largest absolute Gasteiger partial charge is 0.496 e. The van der Waals surface area contributed by atoms with E-state index in [1.807, 2.05) is 12.1 Å². The number of ether oxygens (including phenoxy) is 1. The molecule has 1 aliphatic heterocycles. The summed E-state index contributed by atoms with van der Waals surface area (Å²) in [5, 5.41) is 3.62. The summed E-state index contributed by atoms with van der Waals surface area (Å²) in [6.45, 7) is 6.26. The van der Waals surface area contributed by atoms with Gasteiger partial charge in [0.1, 0.15) is 5.75 Å². The second kappa shape index (κ2) is 8.39. The first-order chi connectivity index (χ1) is 10.6. The van der Waals surface area contributed by atoms with E-state index in [0.717, 1.165) is 25.2 Å². The van der Waals surface area contributed by atoms with E-state index in [0.29, 0.717) is 16.7 Å². The van der Waals surface area contributed by atoms with Crippen LogP contribution in [0, 0.1) is 5.92 Å². The fourth-order valence-corrected chi connectivity index (χ4v) is 3.22. The van der Waals surface area contributed by atoms with Crippen molar-refractivity contribution >= 4 is 17.5 Å². The van der Waals surface area contributed by atoms with Gasteiger partial charge in [0.2, 0.25) is 5.91 Å². The van der Waals surface area contributed by atoms with E-state index in [-0.39, 0.29) is 12.3 Å². The zero-order chi connectivity index (χ0) is 15.9. The number of rotatable bonds is 6. The Morgan fingerprint density at radius 2 is 2.32 bits per heavy atom. The molecule has 1 saturated heterocycles. The van der Waals surface area contributed by atoms with Gasteiger partial charge in [0.15, 0.2) is 0 Å². The molecule has 22 heavy (non-hydrogen) atoms. The van der Waals surface area contributed by atoms with Crippen molar-refractivity contribution in [1.82, 2.24) is 10.2 Å². The summed E-state index contributed by atoms with van der Waals surface area (Å²) in [7, 11) is 1.59. The van der Waals surface area contributed by atoms with Gasteiger partial charge in [0.25, 0.3) is 0 Å². The lowest BCUT2D eigenvalue weighted by Gasteiger charge is -2.31. The van der Waals surface area contributed by atoms with Crippen LogP contribution in [0.4, 0.5) is 0 Å². The molecule has 0 saturated carbocycles. The third kappa shape index (κ3) is 4.62. The molecule has 1 aromatic carbocycles. The first kappa shape index (κ1) is 17.1. The Kier molecular flexibility index (Phi) is 6.52. The van der Waals surface area contributed by atoms with Crippen molar-refractivity contribution in [3.05, 3.63) is 28.8 Å². The zero-order valence-corrected chi connectivity index (χ0v) is 14.2. The number of methoxy groups -OCH3 is 1. The van der Waals surface area contributed by atoms with Crippen molar-refractivity contribution in [2.75, 3.05) is 33.3 Å². The van der Waals surface area contributed by atoms with Crippen LogP contribution in [0.25, 0.3) is 0 Å².